The summed E-state index contributed by atoms with van der Waals surface area (Å²) in [5, 5.41) is 6.49. The molecule has 0 aromatic heterocycles. The van der Waals surface area contributed by atoms with E-state index in [9.17, 15) is 4.79 Å². The van der Waals surface area contributed by atoms with E-state index in [-0.39, 0.29) is 24.4 Å². The molecule has 1 saturated heterocycles. The molecule has 1 aliphatic rings. The third-order valence-electron chi connectivity index (χ3n) is 3.52. The van der Waals surface area contributed by atoms with Crippen molar-refractivity contribution in [3.63, 3.8) is 0 Å². The second-order valence-corrected chi connectivity index (χ2v) is 6.20. The van der Waals surface area contributed by atoms with E-state index >= 15 is 0 Å². The first-order valence-corrected chi connectivity index (χ1v) is 7.61. The molecule has 1 aliphatic heterocycles. The van der Waals surface area contributed by atoms with Gasteiger partial charge in [0, 0.05) is 18.5 Å². The standard InChI is InChI=1S/C15H30N2O2.ClH/c1-11(2)9-13(4)19-8-6-15(18)17-14-5-7-16-12(3)10-14;/h11-14,16H,5-10H2,1-4H3,(H,17,18);1H. The highest BCUT2D eigenvalue weighted by molar-refractivity contribution is 5.85. The summed E-state index contributed by atoms with van der Waals surface area (Å²) in [6.45, 7) is 10.1. The van der Waals surface area contributed by atoms with Gasteiger partial charge >= 0.3 is 0 Å². The van der Waals surface area contributed by atoms with Crippen molar-refractivity contribution in [3.8, 4) is 0 Å². The molecule has 1 fully saturated rings. The molecule has 4 nitrogen and oxygen atoms in total. The number of amides is 1. The first kappa shape index (κ1) is 19.7. The SMILES string of the molecule is CC(C)CC(C)OCCC(=O)NC1CCNC(C)C1.Cl. The second kappa shape index (κ2) is 10.4. The fourth-order valence-corrected chi connectivity index (χ4v) is 2.65. The van der Waals surface area contributed by atoms with E-state index in [4.69, 9.17) is 4.74 Å². The predicted octanol–water partition coefficient (Wildman–Crippen LogP) is 2.51. The summed E-state index contributed by atoms with van der Waals surface area (Å²) in [4.78, 5) is 11.8. The number of hydrogen-bond acceptors (Lipinski definition) is 3. The summed E-state index contributed by atoms with van der Waals surface area (Å²) in [6, 6.07) is 0.832. The van der Waals surface area contributed by atoms with Crippen LogP contribution < -0.4 is 10.6 Å². The number of nitrogens with one attached hydrogen (secondary N) is 2. The zero-order valence-corrected chi connectivity index (χ0v) is 14.1. The molecule has 2 N–H and O–H groups in total. The number of ether oxygens (including phenoxy) is 1. The van der Waals surface area contributed by atoms with Crippen molar-refractivity contribution in [2.45, 2.75) is 71.6 Å². The first-order valence-electron chi connectivity index (χ1n) is 7.61. The average molecular weight is 307 g/mol. The van der Waals surface area contributed by atoms with Gasteiger partial charge in [-0.1, -0.05) is 13.8 Å². The molecule has 5 heteroatoms. The molecule has 1 rings (SSSR count). The molecule has 3 atom stereocenters. The quantitative estimate of drug-likeness (QED) is 0.760. The van der Waals surface area contributed by atoms with Crippen LogP contribution in [0.5, 0.6) is 0 Å². The minimum atomic E-state index is 0. The van der Waals surface area contributed by atoms with Gasteiger partial charge in [-0.25, -0.2) is 0 Å². The Labute approximate surface area is 129 Å². The zero-order chi connectivity index (χ0) is 14.3. The Hall–Kier alpha value is -0.320. The van der Waals surface area contributed by atoms with Crippen LogP contribution in [0.2, 0.25) is 0 Å². The van der Waals surface area contributed by atoms with Gasteiger partial charge in [0.2, 0.25) is 5.91 Å². The van der Waals surface area contributed by atoms with Gasteiger partial charge in [0.1, 0.15) is 0 Å². The van der Waals surface area contributed by atoms with Crippen LogP contribution in [0.25, 0.3) is 0 Å². The van der Waals surface area contributed by atoms with Crippen molar-refractivity contribution in [1.82, 2.24) is 10.6 Å². The third kappa shape index (κ3) is 8.77. The summed E-state index contributed by atoms with van der Waals surface area (Å²) >= 11 is 0. The number of rotatable bonds is 7. The Kier molecular flexibility index (Phi) is 10.2. The second-order valence-electron chi connectivity index (χ2n) is 6.20. The van der Waals surface area contributed by atoms with E-state index in [1.165, 1.54) is 0 Å². The molecule has 0 bridgehead atoms. The van der Waals surface area contributed by atoms with E-state index in [0.717, 1.165) is 25.8 Å². The van der Waals surface area contributed by atoms with Gasteiger partial charge in [0.25, 0.3) is 0 Å². The molecular formula is C15H31ClN2O2. The maximum Gasteiger partial charge on any atom is 0.222 e. The van der Waals surface area contributed by atoms with E-state index in [1.54, 1.807) is 0 Å². The molecule has 20 heavy (non-hydrogen) atoms. The minimum absolute atomic E-state index is 0. The fraction of sp³-hybridized carbons (Fsp3) is 0.933. The van der Waals surface area contributed by atoms with Crippen LogP contribution in [0.4, 0.5) is 0 Å². The summed E-state index contributed by atoms with van der Waals surface area (Å²) in [5.74, 6) is 0.760. The molecule has 120 valence electrons. The topological polar surface area (TPSA) is 50.4 Å². The highest BCUT2D eigenvalue weighted by Crippen LogP contribution is 2.09. The minimum Gasteiger partial charge on any atom is -0.378 e. The maximum absolute atomic E-state index is 11.8. The average Bonchev–Trinajstić information content (AvgIpc) is 2.27. The Bertz CT molecular complexity index is 275. The molecule has 0 saturated carbocycles. The number of carbonyl (C=O) groups excluding carboxylic acids is 1. The lowest BCUT2D eigenvalue weighted by Crippen LogP contribution is -2.46. The van der Waals surface area contributed by atoms with Crippen molar-refractivity contribution in [3.05, 3.63) is 0 Å². The zero-order valence-electron chi connectivity index (χ0n) is 13.3. The first-order chi connectivity index (χ1) is 8.97. The Morgan fingerprint density at radius 2 is 2.10 bits per heavy atom. The molecule has 0 radical (unpaired) electrons. The van der Waals surface area contributed by atoms with E-state index in [1.807, 2.05) is 0 Å². The lowest BCUT2D eigenvalue weighted by atomic mass is 10.0. The summed E-state index contributed by atoms with van der Waals surface area (Å²) in [7, 11) is 0. The summed E-state index contributed by atoms with van der Waals surface area (Å²) in [5.41, 5.74) is 0. The van der Waals surface area contributed by atoms with Crippen molar-refractivity contribution >= 4 is 18.3 Å². The van der Waals surface area contributed by atoms with Crippen LogP contribution in [0.3, 0.4) is 0 Å². The van der Waals surface area contributed by atoms with E-state index in [2.05, 4.69) is 38.3 Å². The van der Waals surface area contributed by atoms with Gasteiger partial charge in [-0.2, -0.15) is 0 Å². The van der Waals surface area contributed by atoms with Gasteiger partial charge in [0.05, 0.1) is 12.7 Å². The number of carbonyl (C=O) groups is 1. The van der Waals surface area contributed by atoms with Crippen LogP contribution in [0.15, 0.2) is 0 Å². The van der Waals surface area contributed by atoms with Crippen molar-refractivity contribution in [1.29, 1.82) is 0 Å². The molecule has 0 aromatic rings. The largest absolute Gasteiger partial charge is 0.378 e. The number of halogens is 1. The van der Waals surface area contributed by atoms with Crippen LogP contribution >= 0.6 is 12.4 Å². The van der Waals surface area contributed by atoms with Crippen molar-refractivity contribution in [2.75, 3.05) is 13.2 Å². The Morgan fingerprint density at radius 1 is 1.40 bits per heavy atom. The van der Waals surface area contributed by atoms with E-state index < -0.39 is 0 Å². The van der Waals surface area contributed by atoms with Crippen LogP contribution in [0, 0.1) is 5.92 Å². The molecule has 3 unspecified atom stereocenters. The third-order valence-corrected chi connectivity index (χ3v) is 3.52. The van der Waals surface area contributed by atoms with Crippen LogP contribution in [0.1, 0.15) is 53.4 Å². The summed E-state index contributed by atoms with van der Waals surface area (Å²) < 4.78 is 5.66. The molecule has 1 amide bonds. The van der Waals surface area contributed by atoms with Crippen LogP contribution in [-0.2, 0) is 9.53 Å². The van der Waals surface area contributed by atoms with Gasteiger partial charge < -0.3 is 15.4 Å². The fourth-order valence-electron chi connectivity index (χ4n) is 2.65. The lowest BCUT2D eigenvalue weighted by molar-refractivity contribution is -0.123. The Balaban J connectivity index is 0.00000361. The van der Waals surface area contributed by atoms with Gasteiger partial charge in [-0.15, -0.1) is 12.4 Å². The lowest BCUT2D eigenvalue weighted by Gasteiger charge is -2.28. The molecule has 1 heterocycles. The highest BCUT2D eigenvalue weighted by Gasteiger charge is 2.19. The van der Waals surface area contributed by atoms with Crippen LogP contribution in [-0.4, -0.2) is 37.2 Å². The number of hydrogen-bond donors (Lipinski definition) is 2. The smallest absolute Gasteiger partial charge is 0.222 e. The molecule has 0 aliphatic carbocycles. The van der Waals surface area contributed by atoms with Crippen molar-refractivity contribution < 1.29 is 9.53 Å². The molecule has 0 spiro atoms. The predicted molar refractivity (Wildman–Crippen MR) is 85.4 cm³/mol. The van der Waals surface area contributed by atoms with E-state index in [0.29, 0.717) is 31.0 Å². The van der Waals surface area contributed by atoms with Crippen molar-refractivity contribution in [2.24, 2.45) is 5.92 Å². The molecular weight excluding hydrogens is 276 g/mol. The maximum atomic E-state index is 11.8. The monoisotopic (exact) mass is 306 g/mol. The van der Waals surface area contributed by atoms with Gasteiger partial charge in [-0.05, 0) is 45.6 Å². The van der Waals surface area contributed by atoms with Gasteiger partial charge in [-0.3, -0.25) is 4.79 Å². The normalized spacial score (nSPS) is 24.1. The molecule has 0 aromatic carbocycles. The Morgan fingerprint density at radius 3 is 2.70 bits per heavy atom. The summed E-state index contributed by atoms with van der Waals surface area (Å²) in [6.07, 6.45) is 3.82. The van der Waals surface area contributed by atoms with Gasteiger partial charge in [0.15, 0.2) is 0 Å². The highest BCUT2D eigenvalue weighted by atomic mass is 35.5. The number of piperidine rings is 1.